The molecule has 33 heavy (non-hydrogen) atoms. The Morgan fingerprint density at radius 3 is 2.12 bits per heavy atom. The topological polar surface area (TPSA) is 108 Å². The molecule has 0 bridgehead atoms. The summed E-state index contributed by atoms with van der Waals surface area (Å²) in [5, 5.41) is 15.5. The van der Waals surface area contributed by atoms with Crippen LogP contribution in [-0.4, -0.2) is 51.1 Å². The van der Waals surface area contributed by atoms with Gasteiger partial charge in [0.25, 0.3) is 0 Å². The second-order valence-electron chi connectivity index (χ2n) is 10.6. The van der Waals surface area contributed by atoms with Crippen molar-refractivity contribution in [1.82, 2.24) is 15.5 Å². The van der Waals surface area contributed by atoms with Crippen molar-refractivity contribution in [1.29, 1.82) is 0 Å². The monoisotopic (exact) mass is 463 g/mol. The van der Waals surface area contributed by atoms with Crippen LogP contribution in [0.25, 0.3) is 0 Å². The summed E-state index contributed by atoms with van der Waals surface area (Å²) >= 11 is 0. The quantitative estimate of drug-likeness (QED) is 0.562. The molecule has 8 nitrogen and oxygen atoms in total. The van der Waals surface area contributed by atoms with Gasteiger partial charge in [0, 0.05) is 11.6 Å². The highest BCUT2D eigenvalue weighted by Crippen LogP contribution is 2.29. The maximum atomic E-state index is 13.6. The van der Waals surface area contributed by atoms with Crippen LogP contribution in [0.5, 0.6) is 5.75 Å². The van der Waals surface area contributed by atoms with Gasteiger partial charge in [-0.3, -0.25) is 9.59 Å². The van der Waals surface area contributed by atoms with E-state index in [9.17, 15) is 19.5 Å². The molecule has 0 aliphatic rings. The predicted molar refractivity (Wildman–Crippen MR) is 129 cm³/mol. The SMILES string of the molecule is CCC(C)N(C(=O)C(C)NC(=O)OC(C)(C)C)C(C(=O)NC(C)(C)C)c1ccc(O)c(C)c1. The van der Waals surface area contributed by atoms with Gasteiger partial charge in [0.2, 0.25) is 11.8 Å². The summed E-state index contributed by atoms with van der Waals surface area (Å²) < 4.78 is 5.28. The first kappa shape index (κ1) is 28.3. The summed E-state index contributed by atoms with van der Waals surface area (Å²) in [5.41, 5.74) is -0.0592. The van der Waals surface area contributed by atoms with Crippen molar-refractivity contribution in [2.75, 3.05) is 0 Å². The van der Waals surface area contributed by atoms with Crippen LogP contribution in [0.4, 0.5) is 4.79 Å². The standard InChI is InChI=1S/C25H41N3O5/c1-11-16(3)28(22(31)17(4)26-23(32)33-25(8,9)10)20(21(30)27-24(5,6)7)18-12-13-19(29)15(2)14-18/h12-14,16-17,20,29H,11H2,1-10H3,(H,26,32)(H,27,30). The summed E-state index contributed by atoms with van der Waals surface area (Å²) in [7, 11) is 0. The third kappa shape index (κ3) is 8.59. The summed E-state index contributed by atoms with van der Waals surface area (Å²) in [6.07, 6.45) is -0.107. The number of phenolic OH excluding ortho intramolecular Hbond substituents is 1. The van der Waals surface area contributed by atoms with E-state index in [0.29, 0.717) is 17.5 Å². The van der Waals surface area contributed by atoms with Crippen molar-refractivity contribution in [3.05, 3.63) is 29.3 Å². The number of alkyl carbamates (subject to hydrolysis) is 1. The number of aryl methyl sites for hydroxylation is 1. The van der Waals surface area contributed by atoms with E-state index >= 15 is 0 Å². The minimum atomic E-state index is -0.950. The van der Waals surface area contributed by atoms with Crippen LogP contribution >= 0.6 is 0 Å². The van der Waals surface area contributed by atoms with Crippen molar-refractivity contribution in [2.24, 2.45) is 0 Å². The molecule has 0 aliphatic heterocycles. The van der Waals surface area contributed by atoms with E-state index in [1.807, 2.05) is 34.6 Å². The highest BCUT2D eigenvalue weighted by atomic mass is 16.6. The van der Waals surface area contributed by atoms with Gasteiger partial charge in [-0.2, -0.15) is 0 Å². The Bertz CT molecular complexity index is 855. The van der Waals surface area contributed by atoms with Crippen molar-refractivity contribution in [3.63, 3.8) is 0 Å². The molecule has 3 unspecified atom stereocenters. The number of carbonyl (C=O) groups is 3. The average molecular weight is 464 g/mol. The number of rotatable bonds is 7. The number of ether oxygens (including phenoxy) is 1. The Morgan fingerprint density at radius 2 is 1.67 bits per heavy atom. The molecule has 3 atom stereocenters. The molecule has 0 radical (unpaired) electrons. The van der Waals surface area contributed by atoms with Crippen molar-refractivity contribution in [2.45, 2.75) is 105 Å². The molecule has 3 amide bonds. The molecule has 0 spiro atoms. The first-order chi connectivity index (χ1) is 15.0. The van der Waals surface area contributed by atoms with Gasteiger partial charge >= 0.3 is 6.09 Å². The second kappa shape index (κ2) is 10.9. The zero-order valence-electron chi connectivity index (χ0n) is 21.7. The van der Waals surface area contributed by atoms with Crippen LogP contribution in [0.1, 0.15) is 85.9 Å². The fraction of sp³-hybridized carbons (Fsp3) is 0.640. The van der Waals surface area contributed by atoms with Gasteiger partial charge in [0.05, 0.1) is 0 Å². The summed E-state index contributed by atoms with van der Waals surface area (Å²) in [6, 6.07) is 2.70. The number of amides is 3. The number of phenols is 1. The molecule has 186 valence electrons. The minimum absolute atomic E-state index is 0.107. The largest absolute Gasteiger partial charge is 0.508 e. The molecule has 8 heteroatoms. The smallest absolute Gasteiger partial charge is 0.408 e. The molecule has 0 heterocycles. The Labute approximate surface area is 198 Å². The number of aromatic hydroxyl groups is 1. The highest BCUT2D eigenvalue weighted by molar-refractivity contribution is 5.92. The van der Waals surface area contributed by atoms with Gasteiger partial charge in [-0.05, 0) is 92.0 Å². The van der Waals surface area contributed by atoms with Crippen molar-refractivity contribution < 1.29 is 24.2 Å². The van der Waals surface area contributed by atoms with Gasteiger partial charge in [-0.15, -0.1) is 0 Å². The fourth-order valence-electron chi connectivity index (χ4n) is 3.29. The summed E-state index contributed by atoms with van der Waals surface area (Å²) in [4.78, 5) is 40.9. The predicted octanol–water partition coefficient (Wildman–Crippen LogP) is 4.20. The molecule has 1 rings (SSSR count). The van der Waals surface area contributed by atoms with E-state index in [2.05, 4.69) is 10.6 Å². The number of nitrogens with zero attached hydrogens (tertiary/aromatic N) is 1. The molecular formula is C25H41N3O5. The molecule has 0 saturated heterocycles. The van der Waals surface area contributed by atoms with Crippen LogP contribution in [0, 0.1) is 6.92 Å². The second-order valence-corrected chi connectivity index (χ2v) is 10.6. The number of carbonyl (C=O) groups excluding carboxylic acids is 3. The van der Waals surface area contributed by atoms with Gasteiger partial charge in [-0.1, -0.05) is 13.0 Å². The molecule has 3 N–H and O–H groups in total. The number of benzene rings is 1. The lowest BCUT2D eigenvalue weighted by Gasteiger charge is -2.39. The van der Waals surface area contributed by atoms with E-state index in [-0.39, 0.29) is 17.7 Å². The maximum absolute atomic E-state index is 13.6. The van der Waals surface area contributed by atoms with Gasteiger partial charge < -0.3 is 25.4 Å². The zero-order valence-corrected chi connectivity index (χ0v) is 21.7. The third-order valence-electron chi connectivity index (χ3n) is 4.99. The van der Waals surface area contributed by atoms with Gasteiger partial charge in [0.1, 0.15) is 23.4 Å². The first-order valence-corrected chi connectivity index (χ1v) is 11.4. The lowest BCUT2D eigenvalue weighted by atomic mass is 9.97. The van der Waals surface area contributed by atoms with Crippen LogP contribution < -0.4 is 10.6 Å². The number of hydrogen-bond donors (Lipinski definition) is 3. The van der Waals surface area contributed by atoms with Gasteiger partial charge in [0.15, 0.2) is 0 Å². The Hall–Kier alpha value is -2.77. The molecule has 0 aliphatic carbocycles. The lowest BCUT2D eigenvalue weighted by molar-refractivity contribution is -0.145. The molecule has 0 aromatic heterocycles. The van der Waals surface area contributed by atoms with Crippen molar-refractivity contribution >= 4 is 17.9 Å². The number of nitrogens with one attached hydrogen (secondary N) is 2. The van der Waals surface area contributed by atoms with Crippen LogP contribution in [0.2, 0.25) is 0 Å². The summed E-state index contributed by atoms with van der Waals surface area (Å²) in [6.45, 7) is 17.9. The minimum Gasteiger partial charge on any atom is -0.508 e. The molecule has 1 aromatic carbocycles. The highest BCUT2D eigenvalue weighted by Gasteiger charge is 2.38. The maximum Gasteiger partial charge on any atom is 0.408 e. The third-order valence-corrected chi connectivity index (χ3v) is 4.99. The fourth-order valence-corrected chi connectivity index (χ4v) is 3.29. The normalized spacial score (nSPS) is 14.6. The Balaban J connectivity index is 3.44. The average Bonchev–Trinajstić information content (AvgIpc) is 2.64. The van der Waals surface area contributed by atoms with Gasteiger partial charge in [-0.25, -0.2) is 4.79 Å². The van der Waals surface area contributed by atoms with Crippen LogP contribution in [0.3, 0.4) is 0 Å². The number of hydrogen-bond acceptors (Lipinski definition) is 5. The molecule has 0 saturated carbocycles. The Morgan fingerprint density at radius 1 is 1.09 bits per heavy atom. The van der Waals surface area contributed by atoms with Crippen molar-refractivity contribution in [3.8, 4) is 5.75 Å². The van der Waals surface area contributed by atoms with Crippen LogP contribution in [0.15, 0.2) is 18.2 Å². The van der Waals surface area contributed by atoms with E-state index < -0.39 is 35.2 Å². The van der Waals surface area contributed by atoms with E-state index in [1.165, 1.54) is 11.0 Å². The van der Waals surface area contributed by atoms with E-state index in [4.69, 9.17) is 4.74 Å². The van der Waals surface area contributed by atoms with Crippen LogP contribution in [-0.2, 0) is 14.3 Å². The zero-order chi connectivity index (χ0) is 25.7. The molecule has 1 aromatic rings. The first-order valence-electron chi connectivity index (χ1n) is 11.4. The van der Waals surface area contributed by atoms with E-state index in [0.717, 1.165) is 0 Å². The summed E-state index contributed by atoms with van der Waals surface area (Å²) in [5.74, 6) is -0.643. The lowest BCUT2D eigenvalue weighted by Crippen LogP contribution is -2.56. The molecular weight excluding hydrogens is 422 g/mol. The van der Waals surface area contributed by atoms with E-state index in [1.54, 1.807) is 46.8 Å². The Kier molecular flexibility index (Phi) is 9.33. The molecule has 0 fully saturated rings.